The molecule has 1 saturated heterocycles. The molecule has 3 heterocycles. The summed E-state index contributed by atoms with van der Waals surface area (Å²) in [5, 5.41) is 32.7. The van der Waals surface area contributed by atoms with Crippen LogP contribution in [0.4, 0.5) is 5.82 Å². The van der Waals surface area contributed by atoms with E-state index in [1.54, 1.807) is 18.2 Å². The van der Waals surface area contributed by atoms with E-state index < -0.39 is 45.3 Å². The molecular weight excluding hydrogens is 406 g/mol. The Morgan fingerprint density at radius 2 is 1.87 bits per heavy atom. The number of allylic oxidation sites excluding steroid dienone is 3. The van der Waals surface area contributed by atoms with Gasteiger partial charge in [-0.3, -0.25) is 10.3 Å². The van der Waals surface area contributed by atoms with Crippen molar-refractivity contribution in [3.05, 3.63) is 50.0 Å². The molecule has 0 radical (unpaired) electrons. The number of ether oxygens (including phenoxy) is 1. The predicted octanol–water partition coefficient (Wildman–Crippen LogP) is 0.347. The number of aliphatic imine (C=N–C) groups is 1. The molecule has 3 rings (SSSR count). The second-order valence-electron chi connectivity index (χ2n) is 7.45. The van der Waals surface area contributed by atoms with Gasteiger partial charge in [-0.1, -0.05) is 18.2 Å². The Morgan fingerprint density at radius 1 is 1.23 bits per heavy atom. The van der Waals surface area contributed by atoms with Crippen LogP contribution in [0.2, 0.25) is 18.1 Å². The topological polar surface area (TPSA) is 147 Å². The summed E-state index contributed by atoms with van der Waals surface area (Å²) >= 11 is 0. The third-order valence-electron chi connectivity index (χ3n) is 5.30. The van der Waals surface area contributed by atoms with Crippen LogP contribution in [0, 0.1) is 0 Å². The number of fused-ring (bicyclic) bond motifs is 1. The molecule has 30 heavy (non-hydrogen) atoms. The molecule has 0 spiro atoms. The first-order chi connectivity index (χ1) is 14.3. The average molecular weight is 436 g/mol. The van der Waals surface area contributed by atoms with Crippen molar-refractivity contribution in [2.75, 3.05) is 6.61 Å². The van der Waals surface area contributed by atoms with E-state index in [4.69, 9.17) is 14.9 Å². The van der Waals surface area contributed by atoms with E-state index in [-0.39, 0.29) is 0 Å². The van der Waals surface area contributed by atoms with Crippen molar-refractivity contribution in [3.63, 3.8) is 0 Å². The highest BCUT2D eigenvalue weighted by Crippen LogP contribution is 2.39. The van der Waals surface area contributed by atoms with Gasteiger partial charge < -0.3 is 29.8 Å². The van der Waals surface area contributed by atoms with Crippen LogP contribution in [-0.2, 0) is 15.0 Å². The minimum absolute atomic E-state index is 0.316. The summed E-state index contributed by atoms with van der Waals surface area (Å²) in [6.45, 7) is 11.1. The Hall–Kier alpha value is -2.12. The first-order valence-electron chi connectivity index (χ1n) is 9.66. The quantitative estimate of drug-likeness (QED) is 0.201. The number of hydrogen-bond donors (Lipinski definition) is 5. The summed E-state index contributed by atoms with van der Waals surface area (Å²) in [4.78, 5) is 8.67. The van der Waals surface area contributed by atoms with E-state index in [2.05, 4.69) is 35.0 Å². The highest BCUT2D eigenvalue weighted by atomic mass is 28.4. The average Bonchev–Trinajstić information content (AvgIpc) is 3.25. The zero-order chi connectivity index (χ0) is 21.9. The fourth-order valence-corrected chi connectivity index (χ4v) is 7.05. The second-order valence-corrected chi connectivity index (χ2v) is 11.2. The standard InChI is InChI=1S/C19H29N5O5Si/c1-4-7-30(8-5-2,9-6-3)29-19(20)16-17(21-11-23-19)24(12-22-16)18-15(27)14(26)13(10-25)28-18/h4-6,11-15,18,25-27H,1-3,7-10,20H2,(H,21,23)/t13-,14-,15-,18-,19?/m1/s1. The lowest BCUT2D eigenvalue weighted by atomic mass is 10.1. The molecule has 1 unspecified atom stereocenters. The number of imidazole rings is 1. The molecule has 0 aromatic carbocycles. The summed E-state index contributed by atoms with van der Waals surface area (Å²) in [6, 6.07) is 1.90. The largest absolute Gasteiger partial charge is 0.394 e. The summed E-state index contributed by atoms with van der Waals surface area (Å²) in [5.74, 6) is -1.15. The van der Waals surface area contributed by atoms with Gasteiger partial charge in [0.25, 0.3) is 0 Å². The Morgan fingerprint density at radius 3 is 2.40 bits per heavy atom. The lowest BCUT2D eigenvalue weighted by molar-refractivity contribution is -0.0522. The van der Waals surface area contributed by atoms with Gasteiger partial charge in [0.15, 0.2) is 17.7 Å². The van der Waals surface area contributed by atoms with Crippen LogP contribution in [-0.4, -0.2) is 64.4 Å². The van der Waals surface area contributed by atoms with Crippen molar-refractivity contribution in [3.8, 4) is 0 Å². The van der Waals surface area contributed by atoms with Gasteiger partial charge in [-0.05, 0) is 18.1 Å². The van der Waals surface area contributed by atoms with Crippen LogP contribution in [0.5, 0.6) is 0 Å². The number of nitrogens with zero attached hydrogens (tertiary/aromatic N) is 3. The molecule has 0 bridgehead atoms. The van der Waals surface area contributed by atoms with E-state index in [0.717, 1.165) is 0 Å². The lowest BCUT2D eigenvalue weighted by Crippen LogP contribution is -2.60. The number of hydrogen-bond acceptors (Lipinski definition) is 9. The number of nitrogens with one attached hydrogen (secondary N) is 1. The predicted molar refractivity (Wildman–Crippen MR) is 114 cm³/mol. The van der Waals surface area contributed by atoms with Gasteiger partial charge in [-0.2, -0.15) is 0 Å². The van der Waals surface area contributed by atoms with E-state index in [0.29, 0.717) is 29.6 Å². The molecule has 1 aromatic heterocycles. The van der Waals surface area contributed by atoms with Crippen LogP contribution in [0.1, 0.15) is 11.9 Å². The van der Waals surface area contributed by atoms with Crippen molar-refractivity contribution in [1.82, 2.24) is 14.9 Å². The van der Waals surface area contributed by atoms with Crippen LogP contribution in [0.15, 0.2) is 49.3 Å². The van der Waals surface area contributed by atoms with Gasteiger partial charge in [0.1, 0.15) is 18.3 Å². The Labute approximate surface area is 176 Å². The zero-order valence-corrected chi connectivity index (χ0v) is 17.7. The molecule has 2 aliphatic rings. The fourth-order valence-electron chi connectivity index (χ4n) is 3.88. The molecule has 11 heteroatoms. The SMILES string of the molecule is C=CC[Si](CC=C)(CC=C)OC1(N)NC=Nc2c1ncn2[C@@H]1O[C@H](CO)[C@@H](O)[C@H]1O. The minimum Gasteiger partial charge on any atom is -0.394 e. The molecule has 1 aromatic rings. The zero-order valence-electron chi connectivity index (χ0n) is 16.7. The molecule has 5 atom stereocenters. The number of aromatic nitrogens is 2. The van der Waals surface area contributed by atoms with E-state index in [9.17, 15) is 15.3 Å². The summed E-state index contributed by atoms with van der Waals surface area (Å²) < 4.78 is 13.6. The van der Waals surface area contributed by atoms with Gasteiger partial charge in [0, 0.05) is 0 Å². The van der Waals surface area contributed by atoms with Crippen molar-refractivity contribution in [2.24, 2.45) is 10.7 Å². The first-order valence-corrected chi connectivity index (χ1v) is 12.2. The van der Waals surface area contributed by atoms with Crippen LogP contribution < -0.4 is 11.1 Å². The Bertz CT molecular complexity index is 804. The number of nitrogens with two attached hydrogens (primary N) is 1. The highest BCUT2D eigenvalue weighted by molar-refractivity contribution is 6.75. The van der Waals surface area contributed by atoms with E-state index in [1.165, 1.54) is 17.2 Å². The molecule has 0 aliphatic carbocycles. The molecule has 0 amide bonds. The van der Waals surface area contributed by atoms with Gasteiger partial charge in [0.2, 0.25) is 14.2 Å². The smallest absolute Gasteiger partial charge is 0.233 e. The maximum atomic E-state index is 10.4. The van der Waals surface area contributed by atoms with Crippen molar-refractivity contribution < 1.29 is 24.5 Å². The van der Waals surface area contributed by atoms with Crippen molar-refractivity contribution in [1.29, 1.82) is 0 Å². The highest BCUT2D eigenvalue weighted by Gasteiger charge is 2.48. The maximum Gasteiger partial charge on any atom is 0.233 e. The lowest BCUT2D eigenvalue weighted by Gasteiger charge is -2.40. The van der Waals surface area contributed by atoms with Crippen LogP contribution in [0.3, 0.4) is 0 Å². The minimum atomic E-state index is -2.49. The molecule has 10 nitrogen and oxygen atoms in total. The van der Waals surface area contributed by atoms with Gasteiger partial charge in [0.05, 0.1) is 19.3 Å². The molecule has 1 fully saturated rings. The monoisotopic (exact) mass is 435 g/mol. The molecule has 6 N–H and O–H groups in total. The normalized spacial score (nSPS) is 30.5. The van der Waals surface area contributed by atoms with E-state index in [1.807, 2.05) is 0 Å². The maximum absolute atomic E-state index is 10.4. The summed E-state index contributed by atoms with van der Waals surface area (Å²) in [6.07, 6.45) is 3.82. The van der Waals surface area contributed by atoms with Crippen LogP contribution >= 0.6 is 0 Å². The Kier molecular flexibility index (Phi) is 6.72. The summed E-state index contributed by atoms with van der Waals surface area (Å²) in [5.41, 5.74) is 6.93. The van der Waals surface area contributed by atoms with Gasteiger partial charge in [-0.25, -0.2) is 9.98 Å². The first kappa shape index (κ1) is 22.6. The van der Waals surface area contributed by atoms with Gasteiger partial charge in [-0.15, -0.1) is 19.7 Å². The number of aliphatic hydroxyl groups is 3. The van der Waals surface area contributed by atoms with Crippen molar-refractivity contribution in [2.45, 2.75) is 48.5 Å². The summed E-state index contributed by atoms with van der Waals surface area (Å²) in [7, 11) is -2.49. The molecule has 0 saturated carbocycles. The molecule has 2 aliphatic heterocycles. The van der Waals surface area contributed by atoms with Crippen LogP contribution in [0.25, 0.3) is 0 Å². The van der Waals surface area contributed by atoms with Crippen molar-refractivity contribution >= 4 is 20.5 Å². The molecule has 164 valence electrons. The third kappa shape index (κ3) is 3.92. The number of rotatable bonds is 10. The fraction of sp³-hybridized carbons (Fsp3) is 0.474. The van der Waals surface area contributed by atoms with Gasteiger partial charge >= 0.3 is 0 Å². The Balaban J connectivity index is 1.96. The third-order valence-corrected chi connectivity index (χ3v) is 9.16. The molecular formula is C19H29N5O5Si. The number of aliphatic hydroxyl groups excluding tert-OH is 3. The van der Waals surface area contributed by atoms with E-state index >= 15 is 0 Å². The second kappa shape index (κ2) is 8.94.